The van der Waals surface area contributed by atoms with Crippen LogP contribution in [0, 0.1) is 17.2 Å². The van der Waals surface area contributed by atoms with E-state index in [1.54, 1.807) is 27.8 Å². The van der Waals surface area contributed by atoms with Crippen LogP contribution in [0.25, 0.3) is 0 Å². The smallest absolute Gasteiger partial charge is 0.335 e. The highest BCUT2D eigenvalue weighted by Gasteiger charge is 2.32. The maximum absolute atomic E-state index is 13.4. The number of piperidine rings is 1. The quantitative estimate of drug-likeness (QED) is 0.550. The summed E-state index contributed by atoms with van der Waals surface area (Å²) in [5.74, 6) is -1.19. The minimum Gasteiger partial charge on any atom is -0.495 e. The number of rotatable bonds is 9. The number of nitrogens with one attached hydrogen (secondary N) is 1. The van der Waals surface area contributed by atoms with Crippen molar-refractivity contribution in [3.63, 3.8) is 0 Å². The number of nitrogens with zero attached hydrogens (tertiary/aromatic N) is 3. The number of aryl methyl sites for hydroxylation is 1. The minimum absolute atomic E-state index is 0.0346. The number of ether oxygens (including phenoxy) is 1. The van der Waals surface area contributed by atoms with Gasteiger partial charge in [0.2, 0.25) is 15.9 Å². The number of aromatic nitrogens is 1. The lowest BCUT2D eigenvalue weighted by atomic mass is 9.98. The number of carbonyl (C=O) groups is 2. The molecular weight excluding hydrogens is 460 g/mol. The van der Waals surface area contributed by atoms with E-state index in [9.17, 15) is 28.4 Å². The van der Waals surface area contributed by atoms with Crippen LogP contribution in [0.3, 0.4) is 0 Å². The third-order valence-electron chi connectivity index (χ3n) is 5.99. The van der Waals surface area contributed by atoms with Gasteiger partial charge in [0.15, 0.2) is 0 Å². The second-order valence-corrected chi connectivity index (χ2v) is 10.0. The van der Waals surface area contributed by atoms with Gasteiger partial charge in [-0.25, -0.2) is 13.2 Å². The fourth-order valence-corrected chi connectivity index (χ4v) is 5.35. The maximum atomic E-state index is 13.4. The molecule has 3 rings (SSSR count). The number of methoxy groups -OCH3 is 1. The number of amides is 1. The van der Waals surface area contributed by atoms with Crippen molar-refractivity contribution in [1.29, 1.82) is 5.26 Å². The predicted molar refractivity (Wildman–Crippen MR) is 123 cm³/mol. The van der Waals surface area contributed by atoms with Crippen molar-refractivity contribution in [2.24, 2.45) is 5.92 Å². The molecule has 10 nitrogen and oxygen atoms in total. The molecule has 0 spiro atoms. The average Bonchev–Trinajstić information content (AvgIpc) is 3.28. The Morgan fingerprint density at radius 2 is 2.00 bits per heavy atom. The van der Waals surface area contributed by atoms with Gasteiger partial charge in [0, 0.05) is 25.8 Å². The minimum atomic E-state index is -4.32. The van der Waals surface area contributed by atoms with E-state index in [-0.39, 0.29) is 35.1 Å². The van der Waals surface area contributed by atoms with Crippen LogP contribution in [0.15, 0.2) is 41.4 Å². The molecule has 1 unspecified atom stereocenters. The van der Waals surface area contributed by atoms with Gasteiger partial charge in [-0.1, -0.05) is 6.92 Å². The summed E-state index contributed by atoms with van der Waals surface area (Å²) in [6.45, 7) is 3.41. The molecule has 1 fully saturated rings. The van der Waals surface area contributed by atoms with Gasteiger partial charge in [0.25, 0.3) is 0 Å². The lowest BCUT2D eigenvalue weighted by Gasteiger charge is -2.33. The second-order valence-electron chi connectivity index (χ2n) is 8.34. The Morgan fingerprint density at radius 1 is 1.29 bits per heavy atom. The van der Waals surface area contributed by atoms with Crippen LogP contribution in [-0.4, -0.2) is 61.1 Å². The maximum Gasteiger partial charge on any atom is 0.335 e. The van der Waals surface area contributed by atoms with Crippen LogP contribution >= 0.6 is 0 Å². The molecule has 2 aromatic rings. The highest BCUT2D eigenvalue weighted by molar-refractivity contribution is 7.89. The Hall–Kier alpha value is -3.36. The van der Waals surface area contributed by atoms with Crippen molar-refractivity contribution in [1.82, 2.24) is 14.2 Å². The van der Waals surface area contributed by atoms with E-state index in [1.807, 2.05) is 0 Å². The molecule has 0 aliphatic carbocycles. The van der Waals surface area contributed by atoms with Gasteiger partial charge < -0.3 is 19.3 Å². The molecule has 1 aromatic carbocycles. The first-order valence-corrected chi connectivity index (χ1v) is 12.4. The van der Waals surface area contributed by atoms with E-state index in [1.165, 1.54) is 19.2 Å². The van der Waals surface area contributed by atoms with Crippen molar-refractivity contribution < 1.29 is 27.9 Å². The molecule has 2 heterocycles. The van der Waals surface area contributed by atoms with Crippen LogP contribution in [0.1, 0.15) is 42.2 Å². The van der Waals surface area contributed by atoms with Gasteiger partial charge in [-0.15, -0.1) is 0 Å². The van der Waals surface area contributed by atoms with Crippen molar-refractivity contribution in [2.45, 2.75) is 43.7 Å². The highest BCUT2D eigenvalue weighted by atomic mass is 32.2. The van der Waals surface area contributed by atoms with Gasteiger partial charge >= 0.3 is 5.97 Å². The Morgan fingerprint density at radius 3 is 2.62 bits per heavy atom. The lowest BCUT2D eigenvalue weighted by molar-refractivity contribution is -0.134. The first-order valence-electron chi connectivity index (χ1n) is 10.9. The summed E-state index contributed by atoms with van der Waals surface area (Å²) in [5, 5.41) is 18.5. The van der Waals surface area contributed by atoms with Crippen LogP contribution in [-0.2, 0) is 21.4 Å². The lowest BCUT2D eigenvalue weighted by Crippen LogP contribution is -2.51. The first-order chi connectivity index (χ1) is 16.2. The second kappa shape index (κ2) is 10.7. The predicted octanol–water partition coefficient (Wildman–Crippen LogP) is 2.06. The number of hydrogen-bond donors (Lipinski definition) is 2. The monoisotopic (exact) mass is 488 g/mol. The van der Waals surface area contributed by atoms with E-state index in [4.69, 9.17) is 4.74 Å². The summed E-state index contributed by atoms with van der Waals surface area (Å²) in [6.07, 6.45) is 3.46. The third kappa shape index (κ3) is 5.76. The topological polar surface area (TPSA) is 142 Å². The molecule has 182 valence electrons. The van der Waals surface area contributed by atoms with Crippen LogP contribution < -0.4 is 9.46 Å². The zero-order chi connectivity index (χ0) is 24.9. The molecular formula is C23H28N4O6S. The van der Waals surface area contributed by atoms with E-state index in [0.717, 1.165) is 18.9 Å². The van der Waals surface area contributed by atoms with E-state index in [2.05, 4.69) is 17.7 Å². The summed E-state index contributed by atoms with van der Waals surface area (Å²) in [7, 11) is -3.04. The molecule has 1 atom stereocenters. The van der Waals surface area contributed by atoms with E-state index >= 15 is 0 Å². The van der Waals surface area contributed by atoms with Gasteiger partial charge in [0.1, 0.15) is 28.4 Å². The molecule has 1 aliphatic rings. The Kier molecular flexibility index (Phi) is 7.96. The van der Waals surface area contributed by atoms with Crippen molar-refractivity contribution in [3.8, 4) is 11.8 Å². The zero-order valence-electron chi connectivity index (χ0n) is 19.1. The summed E-state index contributed by atoms with van der Waals surface area (Å²) < 4.78 is 35.9. The number of carboxylic acid groups (broad SMARTS) is 1. The Labute approximate surface area is 198 Å². The van der Waals surface area contributed by atoms with Crippen molar-refractivity contribution in [2.75, 3.05) is 20.2 Å². The fraction of sp³-hybridized carbons (Fsp3) is 0.435. The molecule has 11 heteroatoms. The summed E-state index contributed by atoms with van der Waals surface area (Å²) in [5.41, 5.74) is 0.178. The first kappa shape index (κ1) is 25.3. The molecule has 2 N–H and O–H groups in total. The normalized spacial score (nSPS) is 15.5. The Balaban J connectivity index is 1.90. The molecule has 1 amide bonds. The van der Waals surface area contributed by atoms with Gasteiger partial charge in [0.05, 0.1) is 12.7 Å². The highest BCUT2D eigenvalue weighted by Crippen LogP contribution is 2.26. The number of carbonyl (C=O) groups excluding carboxylic acids is 1. The molecule has 34 heavy (non-hydrogen) atoms. The number of likely N-dealkylation sites (tertiary alicyclic amines) is 1. The van der Waals surface area contributed by atoms with Gasteiger partial charge in [-0.05, 0) is 55.5 Å². The average molecular weight is 489 g/mol. The zero-order valence-corrected chi connectivity index (χ0v) is 19.9. The summed E-state index contributed by atoms with van der Waals surface area (Å²) in [4.78, 5) is 26.0. The largest absolute Gasteiger partial charge is 0.495 e. The molecule has 1 saturated heterocycles. The molecule has 1 aromatic heterocycles. The number of nitriles is 1. The van der Waals surface area contributed by atoms with Gasteiger partial charge in [-0.3, -0.25) is 4.79 Å². The van der Waals surface area contributed by atoms with E-state index < -0.39 is 22.0 Å². The number of aromatic carboxylic acids is 1. The summed E-state index contributed by atoms with van der Waals surface area (Å²) in [6, 6.07) is 7.80. The third-order valence-corrected chi connectivity index (χ3v) is 7.49. The number of benzene rings is 1. The fourth-order valence-electron chi connectivity index (χ4n) is 3.93. The molecule has 0 saturated carbocycles. The van der Waals surface area contributed by atoms with Crippen LogP contribution in [0.2, 0.25) is 0 Å². The van der Waals surface area contributed by atoms with Crippen LogP contribution in [0.4, 0.5) is 0 Å². The number of sulfonamides is 1. The molecule has 1 aliphatic heterocycles. The molecule has 0 bridgehead atoms. The summed E-state index contributed by atoms with van der Waals surface area (Å²) >= 11 is 0. The van der Waals surface area contributed by atoms with Crippen LogP contribution in [0.5, 0.6) is 5.75 Å². The SMILES string of the molecule is COc1ccc(C(=O)O)cc1S(=O)(=O)NC(CCn1cccc1C#N)C(=O)N1CCC(C)CC1. The Bertz CT molecular complexity index is 1190. The molecule has 0 radical (unpaired) electrons. The standard InChI is InChI=1S/C23H28N4O6S/c1-16-7-11-27(12-8-16)22(28)19(9-13-26-10-3-4-18(26)15-24)25-34(31,32)21-14-17(23(29)30)5-6-20(21)33-2/h3-6,10,14,16,19,25H,7-9,11-13H2,1-2H3,(H,29,30). The van der Waals surface area contributed by atoms with Crippen molar-refractivity contribution in [3.05, 3.63) is 47.8 Å². The van der Waals surface area contributed by atoms with Gasteiger partial charge in [-0.2, -0.15) is 9.98 Å². The van der Waals surface area contributed by atoms with Crippen molar-refractivity contribution >= 4 is 21.9 Å². The number of carboxylic acids is 1. The number of hydrogen-bond acceptors (Lipinski definition) is 6. The van der Waals surface area contributed by atoms with E-state index in [0.29, 0.717) is 24.7 Å².